The van der Waals surface area contributed by atoms with Crippen molar-refractivity contribution in [2.75, 3.05) is 0 Å². The van der Waals surface area contributed by atoms with Crippen LogP contribution in [0.3, 0.4) is 0 Å². The predicted molar refractivity (Wildman–Crippen MR) is 60.5 cm³/mol. The number of nitrogens with two attached hydrogens (primary N) is 1. The van der Waals surface area contributed by atoms with Gasteiger partial charge in [0.25, 0.3) is 0 Å². The summed E-state index contributed by atoms with van der Waals surface area (Å²) in [6.45, 7) is 0.511. The van der Waals surface area contributed by atoms with Gasteiger partial charge in [-0.2, -0.15) is 4.37 Å². The molecule has 2 rings (SSSR count). The zero-order chi connectivity index (χ0) is 9.97. The summed E-state index contributed by atoms with van der Waals surface area (Å²) < 4.78 is 4.23. The van der Waals surface area contributed by atoms with Gasteiger partial charge in [0, 0.05) is 17.5 Å². The van der Waals surface area contributed by atoms with Crippen LogP contribution in [0.25, 0.3) is 11.3 Å². The highest BCUT2D eigenvalue weighted by molar-refractivity contribution is 7.03. The summed E-state index contributed by atoms with van der Waals surface area (Å²) in [5, 5.41) is 2.64. The monoisotopic (exact) mass is 224 g/mol. The Bertz CT molecular complexity index is 426. The van der Waals surface area contributed by atoms with Gasteiger partial charge >= 0.3 is 0 Å². The molecule has 2 aromatic rings. The Kier molecular flexibility index (Phi) is 2.82. The van der Waals surface area contributed by atoms with Crippen molar-refractivity contribution in [3.8, 4) is 11.3 Å². The fraction of sp³-hybridized carbons (Fsp3) is 0.100. The SMILES string of the molecule is NCc1ccc(-c2ccsn2)c(Cl)c1. The molecule has 4 heteroatoms. The van der Waals surface area contributed by atoms with E-state index in [1.165, 1.54) is 11.5 Å². The van der Waals surface area contributed by atoms with E-state index in [1.807, 2.05) is 29.6 Å². The van der Waals surface area contributed by atoms with Crippen LogP contribution in [0, 0.1) is 0 Å². The molecule has 72 valence electrons. The van der Waals surface area contributed by atoms with Crippen molar-refractivity contribution in [3.05, 3.63) is 40.2 Å². The van der Waals surface area contributed by atoms with Crippen LogP contribution in [0.15, 0.2) is 29.6 Å². The lowest BCUT2D eigenvalue weighted by Crippen LogP contribution is -1.95. The lowest BCUT2D eigenvalue weighted by atomic mass is 10.1. The van der Waals surface area contributed by atoms with E-state index < -0.39 is 0 Å². The number of aromatic nitrogens is 1. The fourth-order valence-corrected chi connectivity index (χ4v) is 2.07. The Labute approximate surface area is 91.5 Å². The highest BCUT2D eigenvalue weighted by Crippen LogP contribution is 2.27. The minimum Gasteiger partial charge on any atom is -0.326 e. The van der Waals surface area contributed by atoms with Crippen molar-refractivity contribution < 1.29 is 0 Å². The van der Waals surface area contributed by atoms with Gasteiger partial charge in [0.2, 0.25) is 0 Å². The molecular formula is C10H9ClN2S. The molecule has 1 heterocycles. The summed E-state index contributed by atoms with van der Waals surface area (Å²) in [7, 11) is 0. The average Bonchev–Trinajstić information content (AvgIpc) is 2.70. The van der Waals surface area contributed by atoms with Crippen molar-refractivity contribution in [1.82, 2.24) is 4.37 Å². The Hall–Kier alpha value is -0.900. The van der Waals surface area contributed by atoms with Crippen LogP contribution in [0.5, 0.6) is 0 Å². The number of nitrogens with zero attached hydrogens (tertiary/aromatic N) is 1. The lowest BCUT2D eigenvalue weighted by molar-refractivity contribution is 1.07. The van der Waals surface area contributed by atoms with Gasteiger partial charge in [-0.15, -0.1) is 0 Å². The standard InChI is InChI=1S/C10H9ClN2S/c11-9-5-7(6-12)1-2-8(9)10-3-4-14-13-10/h1-5H,6,12H2. The summed E-state index contributed by atoms with van der Waals surface area (Å²) >= 11 is 7.53. The van der Waals surface area contributed by atoms with Crippen molar-refractivity contribution >= 4 is 23.1 Å². The van der Waals surface area contributed by atoms with Crippen LogP contribution in [-0.2, 0) is 6.54 Å². The zero-order valence-corrected chi connectivity index (χ0v) is 8.98. The Morgan fingerprint density at radius 1 is 1.36 bits per heavy atom. The van der Waals surface area contributed by atoms with Gasteiger partial charge in [-0.05, 0) is 29.2 Å². The molecule has 0 saturated carbocycles. The summed E-state index contributed by atoms with van der Waals surface area (Å²) in [5.41, 5.74) is 8.43. The molecule has 1 aromatic carbocycles. The van der Waals surface area contributed by atoms with E-state index in [-0.39, 0.29) is 0 Å². The van der Waals surface area contributed by atoms with Gasteiger partial charge < -0.3 is 5.73 Å². The van der Waals surface area contributed by atoms with Crippen LogP contribution in [0.2, 0.25) is 5.02 Å². The van der Waals surface area contributed by atoms with Crippen LogP contribution in [0.1, 0.15) is 5.56 Å². The number of hydrogen-bond donors (Lipinski definition) is 1. The zero-order valence-electron chi connectivity index (χ0n) is 7.40. The van der Waals surface area contributed by atoms with Crippen LogP contribution >= 0.6 is 23.1 Å². The van der Waals surface area contributed by atoms with Crippen LogP contribution in [0.4, 0.5) is 0 Å². The molecule has 0 bridgehead atoms. The van der Waals surface area contributed by atoms with Crippen molar-refractivity contribution in [1.29, 1.82) is 0 Å². The molecule has 0 amide bonds. The Morgan fingerprint density at radius 2 is 2.21 bits per heavy atom. The maximum absolute atomic E-state index is 6.11. The van der Waals surface area contributed by atoms with E-state index in [1.54, 1.807) is 0 Å². The first-order valence-electron chi connectivity index (χ1n) is 4.20. The van der Waals surface area contributed by atoms with E-state index in [0.29, 0.717) is 11.6 Å². The molecular weight excluding hydrogens is 216 g/mol. The predicted octanol–water partition coefficient (Wildman–Crippen LogP) is 2.92. The molecule has 0 aliphatic carbocycles. The van der Waals surface area contributed by atoms with Crippen LogP contribution < -0.4 is 5.73 Å². The second-order valence-corrected chi connectivity index (χ2v) is 3.98. The van der Waals surface area contributed by atoms with E-state index >= 15 is 0 Å². The molecule has 14 heavy (non-hydrogen) atoms. The number of hydrogen-bond acceptors (Lipinski definition) is 3. The summed E-state index contributed by atoms with van der Waals surface area (Å²) in [6.07, 6.45) is 0. The minimum atomic E-state index is 0.511. The van der Waals surface area contributed by atoms with E-state index in [4.69, 9.17) is 17.3 Å². The first kappa shape index (κ1) is 9.65. The second-order valence-electron chi connectivity index (χ2n) is 2.90. The molecule has 0 fully saturated rings. The minimum absolute atomic E-state index is 0.511. The Morgan fingerprint density at radius 3 is 2.79 bits per heavy atom. The first-order chi connectivity index (χ1) is 6.81. The third kappa shape index (κ3) is 1.80. The number of rotatable bonds is 2. The summed E-state index contributed by atoms with van der Waals surface area (Å²) in [5.74, 6) is 0. The number of halogens is 1. The summed E-state index contributed by atoms with van der Waals surface area (Å²) in [6, 6.07) is 7.77. The van der Waals surface area contributed by atoms with Gasteiger partial charge in [-0.1, -0.05) is 23.7 Å². The first-order valence-corrected chi connectivity index (χ1v) is 5.42. The fourth-order valence-electron chi connectivity index (χ4n) is 1.24. The molecule has 0 spiro atoms. The van der Waals surface area contributed by atoms with Crippen molar-refractivity contribution in [3.63, 3.8) is 0 Å². The molecule has 0 aliphatic rings. The van der Waals surface area contributed by atoms with Gasteiger partial charge in [-0.25, -0.2) is 0 Å². The molecule has 0 unspecified atom stereocenters. The van der Waals surface area contributed by atoms with Crippen LogP contribution in [-0.4, -0.2) is 4.37 Å². The molecule has 2 N–H and O–H groups in total. The highest BCUT2D eigenvalue weighted by Gasteiger charge is 2.05. The van der Waals surface area contributed by atoms with Gasteiger partial charge in [0.15, 0.2) is 0 Å². The quantitative estimate of drug-likeness (QED) is 0.852. The number of benzene rings is 1. The molecule has 0 radical (unpaired) electrons. The summed E-state index contributed by atoms with van der Waals surface area (Å²) in [4.78, 5) is 0. The lowest BCUT2D eigenvalue weighted by Gasteiger charge is -2.02. The third-order valence-electron chi connectivity index (χ3n) is 1.98. The molecule has 2 nitrogen and oxygen atoms in total. The maximum Gasteiger partial charge on any atom is 0.0855 e. The molecule has 0 atom stereocenters. The maximum atomic E-state index is 6.11. The molecule has 0 aliphatic heterocycles. The Balaban J connectivity index is 2.46. The van der Waals surface area contributed by atoms with Gasteiger partial charge in [0.1, 0.15) is 0 Å². The second kappa shape index (κ2) is 4.09. The topological polar surface area (TPSA) is 38.9 Å². The molecule has 0 saturated heterocycles. The normalized spacial score (nSPS) is 10.4. The largest absolute Gasteiger partial charge is 0.326 e. The van der Waals surface area contributed by atoms with Gasteiger partial charge in [-0.3, -0.25) is 0 Å². The van der Waals surface area contributed by atoms with Crippen molar-refractivity contribution in [2.24, 2.45) is 5.73 Å². The van der Waals surface area contributed by atoms with E-state index in [2.05, 4.69) is 4.37 Å². The van der Waals surface area contributed by atoms with E-state index in [0.717, 1.165) is 16.8 Å². The molecule has 1 aromatic heterocycles. The smallest absolute Gasteiger partial charge is 0.0855 e. The van der Waals surface area contributed by atoms with Gasteiger partial charge in [0.05, 0.1) is 10.7 Å². The average molecular weight is 225 g/mol. The van der Waals surface area contributed by atoms with Crippen molar-refractivity contribution in [2.45, 2.75) is 6.54 Å². The third-order valence-corrected chi connectivity index (χ3v) is 2.86. The highest BCUT2D eigenvalue weighted by atomic mass is 35.5. The van der Waals surface area contributed by atoms with E-state index in [9.17, 15) is 0 Å².